The van der Waals surface area contributed by atoms with Crippen LogP contribution in [0.4, 0.5) is 0 Å². The van der Waals surface area contributed by atoms with Crippen LogP contribution in [0.2, 0.25) is 0 Å². The van der Waals surface area contributed by atoms with Crippen LogP contribution in [0, 0.1) is 0 Å². The van der Waals surface area contributed by atoms with Gasteiger partial charge in [0.25, 0.3) is 11.8 Å². The van der Waals surface area contributed by atoms with Crippen molar-refractivity contribution in [2.24, 2.45) is 5.73 Å². The Hall–Kier alpha value is -3.77. The molecule has 0 aliphatic heterocycles. The summed E-state index contributed by atoms with van der Waals surface area (Å²) < 4.78 is 41.5. The highest BCUT2D eigenvalue weighted by molar-refractivity contribution is 7.88. The van der Waals surface area contributed by atoms with Gasteiger partial charge >= 0.3 is 0 Å². The second kappa shape index (κ2) is 9.58. The van der Waals surface area contributed by atoms with Crippen LogP contribution in [-0.4, -0.2) is 49.8 Å². The van der Waals surface area contributed by atoms with Gasteiger partial charge in [-0.05, 0) is 24.3 Å². The van der Waals surface area contributed by atoms with Gasteiger partial charge in [0.2, 0.25) is 15.8 Å². The number of carbonyl (C=O) groups excluding carboxylic acids is 1. The van der Waals surface area contributed by atoms with E-state index >= 15 is 0 Å². The standard InChI is InChI=1S/C20H21N5O6S/c1-29-14-6-4-5-7-15(14)31-17-16(18(21)26)24-19(25-20(17)30-2)12-8-9-22-13(10-12)11-23-32(3,27)28/h4-10,23H,11H2,1-3H3,(H2,21,26). The highest BCUT2D eigenvalue weighted by atomic mass is 32.2. The van der Waals surface area contributed by atoms with Crippen molar-refractivity contribution in [3.8, 4) is 34.5 Å². The highest BCUT2D eigenvalue weighted by Crippen LogP contribution is 2.38. The molecule has 1 aromatic carbocycles. The highest BCUT2D eigenvalue weighted by Gasteiger charge is 2.23. The molecule has 0 unspecified atom stereocenters. The maximum Gasteiger partial charge on any atom is 0.271 e. The molecule has 0 atom stereocenters. The lowest BCUT2D eigenvalue weighted by molar-refractivity contribution is 0.0992. The molecule has 11 nitrogen and oxygen atoms in total. The van der Waals surface area contributed by atoms with Crippen molar-refractivity contribution in [2.45, 2.75) is 6.54 Å². The number of hydrogen-bond acceptors (Lipinski definition) is 9. The van der Waals surface area contributed by atoms with E-state index in [9.17, 15) is 13.2 Å². The number of pyridine rings is 1. The van der Waals surface area contributed by atoms with E-state index in [0.717, 1.165) is 6.26 Å². The Labute approximate surface area is 184 Å². The number of benzene rings is 1. The molecule has 3 rings (SSSR count). The van der Waals surface area contributed by atoms with Gasteiger partial charge < -0.3 is 19.9 Å². The molecule has 0 bridgehead atoms. The topological polar surface area (TPSA) is 156 Å². The Balaban J connectivity index is 2.05. The largest absolute Gasteiger partial charge is 0.493 e. The second-order valence-electron chi connectivity index (χ2n) is 6.48. The van der Waals surface area contributed by atoms with Crippen molar-refractivity contribution in [2.75, 3.05) is 20.5 Å². The number of methoxy groups -OCH3 is 2. The summed E-state index contributed by atoms with van der Waals surface area (Å²) in [5.41, 5.74) is 6.24. The summed E-state index contributed by atoms with van der Waals surface area (Å²) >= 11 is 0. The Morgan fingerprint density at radius 2 is 1.81 bits per heavy atom. The molecule has 3 N–H and O–H groups in total. The number of nitrogens with zero attached hydrogens (tertiary/aromatic N) is 3. The molecule has 0 aliphatic carbocycles. The number of ether oxygens (including phenoxy) is 3. The molecule has 2 aromatic heterocycles. The minimum absolute atomic E-state index is 0.0256. The quantitative estimate of drug-likeness (QED) is 0.484. The molecule has 0 aliphatic rings. The molecule has 2 heterocycles. The maximum absolute atomic E-state index is 12.2. The second-order valence-corrected chi connectivity index (χ2v) is 8.31. The van der Waals surface area contributed by atoms with Crippen LogP contribution in [0.15, 0.2) is 42.6 Å². The molecule has 0 saturated carbocycles. The van der Waals surface area contributed by atoms with E-state index in [-0.39, 0.29) is 29.7 Å². The van der Waals surface area contributed by atoms with Crippen LogP contribution in [0.1, 0.15) is 16.2 Å². The van der Waals surface area contributed by atoms with E-state index in [0.29, 0.717) is 22.8 Å². The fourth-order valence-electron chi connectivity index (χ4n) is 2.69. The van der Waals surface area contributed by atoms with Gasteiger partial charge in [-0.3, -0.25) is 9.78 Å². The van der Waals surface area contributed by atoms with E-state index in [1.165, 1.54) is 20.4 Å². The molecule has 3 aromatic rings. The Bertz CT molecular complexity index is 1250. The average Bonchev–Trinajstić information content (AvgIpc) is 2.77. The van der Waals surface area contributed by atoms with Gasteiger partial charge in [0, 0.05) is 11.8 Å². The van der Waals surface area contributed by atoms with Crippen molar-refractivity contribution in [1.82, 2.24) is 19.7 Å². The molecule has 32 heavy (non-hydrogen) atoms. The number of para-hydroxylation sites is 2. The number of nitrogens with one attached hydrogen (secondary N) is 1. The van der Waals surface area contributed by atoms with Gasteiger partial charge in [-0.2, -0.15) is 4.98 Å². The molecule has 1 amide bonds. The SMILES string of the molecule is COc1ccccc1Oc1c(OC)nc(-c2ccnc(CNS(C)(=O)=O)c2)nc1C(N)=O. The summed E-state index contributed by atoms with van der Waals surface area (Å²) in [6.45, 7) is -0.0263. The van der Waals surface area contributed by atoms with Crippen LogP contribution < -0.4 is 24.7 Å². The lowest BCUT2D eigenvalue weighted by atomic mass is 10.2. The van der Waals surface area contributed by atoms with Crippen molar-refractivity contribution in [1.29, 1.82) is 0 Å². The summed E-state index contributed by atoms with van der Waals surface area (Å²) in [5, 5.41) is 0. The van der Waals surface area contributed by atoms with Gasteiger partial charge in [0.1, 0.15) is 0 Å². The van der Waals surface area contributed by atoms with Gasteiger partial charge in [0.05, 0.1) is 32.7 Å². The molecule has 0 radical (unpaired) electrons. The number of amides is 1. The van der Waals surface area contributed by atoms with Gasteiger partial charge in [-0.1, -0.05) is 12.1 Å². The van der Waals surface area contributed by atoms with Crippen LogP contribution in [0.5, 0.6) is 23.1 Å². The minimum atomic E-state index is -3.40. The Morgan fingerprint density at radius 3 is 2.44 bits per heavy atom. The summed E-state index contributed by atoms with van der Waals surface area (Å²) in [4.78, 5) is 24.9. The fourth-order valence-corrected chi connectivity index (χ4v) is 3.10. The third-order valence-corrected chi connectivity index (χ3v) is 4.80. The molecule has 0 fully saturated rings. The first-order valence-electron chi connectivity index (χ1n) is 9.18. The predicted octanol–water partition coefficient (Wildman–Crippen LogP) is 1.50. The first kappa shape index (κ1) is 22.9. The number of nitrogens with two attached hydrogens (primary N) is 1. The number of primary amides is 1. The number of rotatable bonds is 9. The monoisotopic (exact) mass is 459 g/mol. The van der Waals surface area contributed by atoms with E-state index < -0.39 is 15.9 Å². The molecular weight excluding hydrogens is 438 g/mol. The third-order valence-electron chi connectivity index (χ3n) is 4.13. The zero-order chi connectivity index (χ0) is 23.3. The van der Waals surface area contributed by atoms with E-state index in [1.54, 1.807) is 36.4 Å². The van der Waals surface area contributed by atoms with Crippen LogP contribution in [0.3, 0.4) is 0 Å². The number of aromatic nitrogens is 3. The molecule has 168 valence electrons. The number of hydrogen-bond donors (Lipinski definition) is 2. The van der Waals surface area contributed by atoms with Crippen molar-refractivity contribution in [3.05, 3.63) is 54.0 Å². The first-order valence-corrected chi connectivity index (χ1v) is 11.1. The first-order chi connectivity index (χ1) is 15.2. The van der Waals surface area contributed by atoms with E-state index in [4.69, 9.17) is 19.9 Å². The van der Waals surface area contributed by atoms with Crippen molar-refractivity contribution >= 4 is 15.9 Å². The predicted molar refractivity (Wildman–Crippen MR) is 115 cm³/mol. The average molecular weight is 459 g/mol. The van der Waals surface area contributed by atoms with Crippen molar-refractivity contribution in [3.63, 3.8) is 0 Å². The zero-order valence-electron chi connectivity index (χ0n) is 17.5. The molecule has 12 heteroatoms. The third kappa shape index (κ3) is 5.47. The Morgan fingerprint density at radius 1 is 1.09 bits per heavy atom. The van der Waals surface area contributed by atoms with Gasteiger partial charge in [0.15, 0.2) is 23.0 Å². The normalized spacial score (nSPS) is 11.1. The summed E-state index contributed by atoms with van der Waals surface area (Å²) in [5.74, 6) is -0.101. The van der Waals surface area contributed by atoms with Crippen LogP contribution in [0.25, 0.3) is 11.4 Å². The zero-order valence-corrected chi connectivity index (χ0v) is 18.3. The molecule has 0 spiro atoms. The van der Waals surface area contributed by atoms with E-state index in [2.05, 4.69) is 19.7 Å². The van der Waals surface area contributed by atoms with Crippen LogP contribution in [-0.2, 0) is 16.6 Å². The lowest BCUT2D eigenvalue weighted by Gasteiger charge is -2.15. The van der Waals surface area contributed by atoms with Crippen LogP contribution >= 0.6 is 0 Å². The summed E-state index contributed by atoms with van der Waals surface area (Å²) in [7, 11) is -0.558. The smallest absolute Gasteiger partial charge is 0.271 e. The molecule has 0 saturated heterocycles. The van der Waals surface area contributed by atoms with Crippen molar-refractivity contribution < 1.29 is 27.4 Å². The minimum Gasteiger partial charge on any atom is -0.493 e. The lowest BCUT2D eigenvalue weighted by Crippen LogP contribution is -2.21. The summed E-state index contributed by atoms with van der Waals surface area (Å²) in [6.07, 6.45) is 2.51. The van der Waals surface area contributed by atoms with Gasteiger partial charge in [-0.15, -0.1) is 0 Å². The fraction of sp³-hybridized carbons (Fsp3) is 0.200. The molecular formula is C20H21N5O6S. The van der Waals surface area contributed by atoms with E-state index in [1.807, 2.05) is 0 Å². The number of sulfonamides is 1. The van der Waals surface area contributed by atoms with Gasteiger partial charge in [-0.25, -0.2) is 18.1 Å². The Kier molecular flexibility index (Phi) is 6.85. The number of carbonyl (C=O) groups is 1. The summed E-state index contributed by atoms with van der Waals surface area (Å²) in [6, 6.07) is 10.00. The maximum atomic E-state index is 12.2.